The van der Waals surface area contributed by atoms with Crippen molar-refractivity contribution >= 4 is 16.9 Å². The second-order valence-electron chi connectivity index (χ2n) is 9.38. The van der Waals surface area contributed by atoms with Gasteiger partial charge in [0.05, 0.1) is 22.8 Å². The van der Waals surface area contributed by atoms with E-state index in [0.29, 0.717) is 0 Å². The van der Waals surface area contributed by atoms with Crippen LogP contribution in [0.5, 0.6) is 0 Å². The molecule has 7 nitrogen and oxygen atoms in total. The average molecular weight is 436 g/mol. The lowest BCUT2D eigenvalue weighted by Gasteiger charge is -2.25. The van der Waals surface area contributed by atoms with Crippen LogP contribution in [-0.4, -0.2) is 25.2 Å². The van der Waals surface area contributed by atoms with Gasteiger partial charge in [-0.05, 0) is 63.1 Å². The van der Waals surface area contributed by atoms with Crippen LogP contribution in [-0.2, 0) is 24.2 Å². The lowest BCUT2D eigenvalue weighted by molar-refractivity contribution is -0.123. The van der Waals surface area contributed by atoms with E-state index in [1.54, 1.807) is 6.07 Å². The number of aryl methyl sites for hydroxylation is 2. The van der Waals surface area contributed by atoms with Crippen LogP contribution in [0.1, 0.15) is 76.1 Å². The van der Waals surface area contributed by atoms with Gasteiger partial charge in [-0.15, -0.1) is 0 Å². The predicted molar refractivity (Wildman–Crippen MR) is 126 cm³/mol. The summed E-state index contributed by atoms with van der Waals surface area (Å²) in [4.78, 5) is 30.5. The molecule has 1 aliphatic carbocycles. The Labute approximate surface area is 188 Å². The molecule has 0 aliphatic heterocycles. The molecule has 7 heteroatoms. The van der Waals surface area contributed by atoms with Gasteiger partial charge in [-0.3, -0.25) is 9.59 Å². The van der Waals surface area contributed by atoms with E-state index in [0.717, 1.165) is 60.2 Å². The van der Waals surface area contributed by atoms with Crippen LogP contribution in [0, 0.1) is 5.92 Å². The van der Waals surface area contributed by atoms with Gasteiger partial charge in [0.1, 0.15) is 12.4 Å². The lowest BCUT2D eigenvalue weighted by atomic mass is 10.0. The van der Waals surface area contributed by atoms with Gasteiger partial charge in [0.15, 0.2) is 0 Å². The van der Waals surface area contributed by atoms with Crippen LogP contribution in [0.15, 0.2) is 35.1 Å². The van der Waals surface area contributed by atoms with Crippen LogP contribution in [0.25, 0.3) is 11.0 Å². The van der Waals surface area contributed by atoms with Crippen LogP contribution in [0.2, 0.25) is 0 Å². The molecule has 170 valence electrons. The molecule has 0 saturated heterocycles. The highest BCUT2D eigenvalue weighted by Crippen LogP contribution is 2.28. The number of fused-ring (bicyclic) bond motifs is 2. The Morgan fingerprint density at radius 2 is 1.84 bits per heavy atom. The average Bonchev–Trinajstić information content (AvgIpc) is 2.99. The summed E-state index contributed by atoms with van der Waals surface area (Å²) in [7, 11) is 0. The molecule has 1 amide bonds. The molecule has 2 heterocycles. The van der Waals surface area contributed by atoms with Gasteiger partial charge in [-0.1, -0.05) is 32.4 Å². The van der Waals surface area contributed by atoms with Gasteiger partial charge in [0, 0.05) is 12.1 Å². The summed E-state index contributed by atoms with van der Waals surface area (Å²) < 4.78 is 3.50. The van der Waals surface area contributed by atoms with Crippen LogP contribution in [0.4, 0.5) is 0 Å². The number of hydrogen-bond acceptors (Lipinski definition) is 4. The van der Waals surface area contributed by atoms with Crippen molar-refractivity contribution in [3.63, 3.8) is 0 Å². The molecule has 4 rings (SSSR count). The highest BCUT2D eigenvalue weighted by Gasteiger charge is 2.26. The number of imidazole rings is 1. The van der Waals surface area contributed by atoms with E-state index >= 15 is 0 Å². The smallest absolute Gasteiger partial charge is 0.267 e. The number of hydrogen-bond donors (Lipinski definition) is 1. The minimum atomic E-state index is -0.270. The Kier molecular flexibility index (Phi) is 6.44. The maximum absolute atomic E-state index is 13.0. The lowest BCUT2D eigenvalue weighted by Crippen LogP contribution is -2.39. The number of carbonyl (C=O) groups is 1. The quantitative estimate of drug-likeness (QED) is 0.594. The summed E-state index contributed by atoms with van der Waals surface area (Å²) in [5.41, 5.74) is 3.75. The van der Waals surface area contributed by atoms with E-state index < -0.39 is 0 Å². The van der Waals surface area contributed by atoms with Gasteiger partial charge in [0.2, 0.25) is 5.91 Å². The molecule has 3 aromatic rings. The molecule has 0 bridgehead atoms. The molecule has 2 aromatic heterocycles. The SMILES string of the molecule is CC(C)[C@H](NC(=O)Cn1nc2c(cc1=O)CCCCC2)c1nc2ccccc2n1C(C)C. The second-order valence-corrected chi connectivity index (χ2v) is 9.38. The van der Waals surface area contributed by atoms with Crippen molar-refractivity contribution in [2.24, 2.45) is 5.92 Å². The predicted octanol–water partition coefficient (Wildman–Crippen LogP) is 3.96. The number of nitrogens with one attached hydrogen (secondary N) is 1. The molecule has 0 spiro atoms. The Morgan fingerprint density at radius 3 is 2.59 bits per heavy atom. The van der Waals surface area contributed by atoms with Crippen molar-refractivity contribution in [1.82, 2.24) is 24.6 Å². The van der Waals surface area contributed by atoms with E-state index in [1.165, 1.54) is 4.68 Å². The number of para-hydroxylation sites is 2. The molecule has 32 heavy (non-hydrogen) atoms. The van der Waals surface area contributed by atoms with Crippen molar-refractivity contribution in [3.8, 4) is 0 Å². The molecule has 0 unspecified atom stereocenters. The normalized spacial score (nSPS) is 15.1. The third-order valence-electron chi connectivity index (χ3n) is 6.22. The van der Waals surface area contributed by atoms with Crippen molar-refractivity contribution < 1.29 is 4.79 Å². The van der Waals surface area contributed by atoms with Crippen LogP contribution < -0.4 is 10.9 Å². The van der Waals surface area contributed by atoms with E-state index in [-0.39, 0.29) is 36.0 Å². The summed E-state index contributed by atoms with van der Waals surface area (Å²) in [6, 6.07) is 9.63. The van der Waals surface area contributed by atoms with Crippen molar-refractivity contribution in [3.05, 3.63) is 57.8 Å². The van der Waals surface area contributed by atoms with Gasteiger partial charge in [-0.25, -0.2) is 9.67 Å². The topological polar surface area (TPSA) is 81.8 Å². The van der Waals surface area contributed by atoms with E-state index in [9.17, 15) is 9.59 Å². The first-order chi connectivity index (χ1) is 15.3. The van der Waals surface area contributed by atoms with Crippen molar-refractivity contribution in [2.75, 3.05) is 0 Å². The van der Waals surface area contributed by atoms with Gasteiger partial charge < -0.3 is 9.88 Å². The monoisotopic (exact) mass is 435 g/mol. The minimum absolute atomic E-state index is 0.0861. The molecule has 1 aromatic carbocycles. The van der Waals surface area contributed by atoms with Gasteiger partial charge in [-0.2, -0.15) is 5.10 Å². The number of amides is 1. The summed E-state index contributed by atoms with van der Waals surface area (Å²) in [6.45, 7) is 8.30. The molecule has 0 radical (unpaired) electrons. The van der Waals surface area contributed by atoms with Gasteiger partial charge in [0.25, 0.3) is 5.56 Å². The maximum atomic E-state index is 13.0. The molecular weight excluding hydrogens is 402 g/mol. The minimum Gasteiger partial charge on any atom is -0.344 e. The molecule has 1 atom stereocenters. The first kappa shape index (κ1) is 22.2. The Balaban J connectivity index is 1.61. The molecule has 1 aliphatic rings. The van der Waals surface area contributed by atoms with Crippen LogP contribution >= 0.6 is 0 Å². The number of nitrogens with zero attached hydrogens (tertiary/aromatic N) is 4. The zero-order chi connectivity index (χ0) is 22.8. The first-order valence-corrected chi connectivity index (χ1v) is 11.7. The molecular formula is C25H33N5O2. The Hall–Kier alpha value is -2.96. The highest BCUT2D eigenvalue weighted by atomic mass is 16.2. The number of rotatable bonds is 6. The standard InChI is InChI=1S/C25H33N5O2/c1-16(2)24(25-26-20-12-8-9-13-21(20)30(25)17(3)4)27-22(31)15-29-23(32)14-18-10-6-5-7-11-19(18)28-29/h8-9,12-14,16-17,24H,5-7,10-11,15H2,1-4H3,(H,27,31)/t24-/m0/s1. The van der Waals surface area contributed by atoms with E-state index in [2.05, 4.69) is 48.7 Å². The third kappa shape index (κ3) is 4.47. The largest absolute Gasteiger partial charge is 0.344 e. The van der Waals surface area contributed by atoms with Gasteiger partial charge >= 0.3 is 0 Å². The summed E-state index contributed by atoms with van der Waals surface area (Å²) in [5, 5.41) is 7.68. The third-order valence-corrected chi connectivity index (χ3v) is 6.22. The molecule has 1 N–H and O–H groups in total. The maximum Gasteiger partial charge on any atom is 0.267 e. The fraction of sp³-hybridized carbons (Fsp3) is 0.520. The fourth-order valence-electron chi connectivity index (χ4n) is 4.60. The summed E-state index contributed by atoms with van der Waals surface area (Å²) >= 11 is 0. The number of benzene rings is 1. The summed E-state index contributed by atoms with van der Waals surface area (Å²) in [6.07, 6.45) is 5.07. The molecule has 0 fully saturated rings. The number of aromatic nitrogens is 4. The summed E-state index contributed by atoms with van der Waals surface area (Å²) in [5.74, 6) is 0.742. The highest BCUT2D eigenvalue weighted by molar-refractivity contribution is 5.78. The van der Waals surface area contributed by atoms with Crippen molar-refractivity contribution in [2.45, 2.75) is 78.4 Å². The Morgan fingerprint density at radius 1 is 1.09 bits per heavy atom. The first-order valence-electron chi connectivity index (χ1n) is 11.7. The van der Waals surface area contributed by atoms with Crippen LogP contribution in [0.3, 0.4) is 0 Å². The number of carbonyl (C=O) groups excluding carboxylic acids is 1. The van der Waals surface area contributed by atoms with E-state index in [4.69, 9.17) is 4.98 Å². The zero-order valence-electron chi connectivity index (χ0n) is 19.5. The van der Waals surface area contributed by atoms with Crippen molar-refractivity contribution in [1.29, 1.82) is 0 Å². The zero-order valence-corrected chi connectivity index (χ0v) is 19.5. The second kappa shape index (κ2) is 9.27. The Bertz CT molecular complexity index is 1170. The molecule has 0 saturated carbocycles. The van der Waals surface area contributed by atoms with E-state index in [1.807, 2.05) is 18.2 Å². The fourth-order valence-corrected chi connectivity index (χ4v) is 4.60.